The molecule has 1 aromatic rings. The van der Waals surface area contributed by atoms with E-state index in [9.17, 15) is 4.79 Å². The molecule has 3 heteroatoms. The molecular weight excluding hydrogens is 262 g/mol. The highest BCUT2D eigenvalue weighted by atomic mass is 16.6. The highest BCUT2D eigenvalue weighted by Crippen LogP contribution is 2.36. The van der Waals surface area contributed by atoms with Crippen LogP contribution < -0.4 is 0 Å². The van der Waals surface area contributed by atoms with Gasteiger partial charge in [0.15, 0.2) is 0 Å². The van der Waals surface area contributed by atoms with Gasteiger partial charge in [0.05, 0.1) is 0 Å². The summed E-state index contributed by atoms with van der Waals surface area (Å²) in [5.74, 6) is 1.85. The largest absolute Gasteiger partial charge is 0.445 e. The van der Waals surface area contributed by atoms with Crippen LogP contribution in [0.2, 0.25) is 0 Å². The summed E-state index contributed by atoms with van der Waals surface area (Å²) < 4.78 is 5.40. The summed E-state index contributed by atoms with van der Waals surface area (Å²) in [6, 6.07) is 9.87. The van der Waals surface area contributed by atoms with Crippen molar-refractivity contribution in [2.75, 3.05) is 13.1 Å². The summed E-state index contributed by atoms with van der Waals surface area (Å²) in [5, 5.41) is 0. The van der Waals surface area contributed by atoms with E-state index in [4.69, 9.17) is 4.74 Å². The second kappa shape index (κ2) is 6.97. The van der Waals surface area contributed by atoms with Gasteiger partial charge in [-0.1, -0.05) is 56.0 Å². The lowest BCUT2D eigenvalue weighted by atomic mass is 9.91. The molecule has 0 radical (unpaired) electrons. The number of likely N-dealkylation sites (tertiary alicyclic amines) is 1. The Hall–Kier alpha value is -1.51. The average Bonchev–Trinajstić information content (AvgIpc) is 3.36. The third-order valence-electron chi connectivity index (χ3n) is 4.76. The number of nitrogens with zero attached hydrogens (tertiary/aromatic N) is 1. The second-order valence-electron chi connectivity index (χ2n) is 6.49. The minimum Gasteiger partial charge on any atom is -0.445 e. The molecule has 1 saturated heterocycles. The van der Waals surface area contributed by atoms with Crippen LogP contribution in [0.15, 0.2) is 30.3 Å². The average molecular weight is 287 g/mol. The molecule has 1 saturated carbocycles. The zero-order chi connectivity index (χ0) is 14.5. The lowest BCUT2D eigenvalue weighted by molar-refractivity contribution is 0.0812. The van der Waals surface area contributed by atoms with E-state index in [1.807, 2.05) is 35.2 Å². The van der Waals surface area contributed by atoms with Crippen LogP contribution in [0.4, 0.5) is 4.79 Å². The molecule has 2 aliphatic rings. The Morgan fingerprint density at radius 3 is 2.24 bits per heavy atom. The Labute approximate surface area is 127 Å². The number of benzene rings is 1. The smallest absolute Gasteiger partial charge is 0.410 e. The van der Waals surface area contributed by atoms with Crippen molar-refractivity contribution in [3.8, 4) is 0 Å². The molecule has 0 aromatic heterocycles. The first-order chi connectivity index (χ1) is 10.3. The van der Waals surface area contributed by atoms with E-state index in [0.29, 0.717) is 6.61 Å². The molecule has 1 aliphatic carbocycles. The maximum atomic E-state index is 12.1. The van der Waals surface area contributed by atoms with Crippen molar-refractivity contribution in [3.63, 3.8) is 0 Å². The number of ether oxygens (including phenoxy) is 1. The Morgan fingerprint density at radius 1 is 1.00 bits per heavy atom. The highest BCUT2D eigenvalue weighted by molar-refractivity contribution is 5.67. The van der Waals surface area contributed by atoms with E-state index in [-0.39, 0.29) is 6.09 Å². The van der Waals surface area contributed by atoms with Gasteiger partial charge in [-0.25, -0.2) is 4.79 Å². The van der Waals surface area contributed by atoms with Gasteiger partial charge in [-0.3, -0.25) is 0 Å². The van der Waals surface area contributed by atoms with Crippen LogP contribution in [-0.4, -0.2) is 24.1 Å². The van der Waals surface area contributed by atoms with Crippen LogP contribution in [0.5, 0.6) is 0 Å². The molecule has 3 rings (SSSR count). The fourth-order valence-corrected chi connectivity index (χ4v) is 3.09. The standard InChI is InChI=1S/C18H25NO2/c20-18(21-14-17-4-2-1-3-5-17)19-12-10-16(11-13-19)9-8-15-6-7-15/h1-5,15-16H,6-14H2. The van der Waals surface area contributed by atoms with Gasteiger partial charge in [0.2, 0.25) is 0 Å². The second-order valence-corrected chi connectivity index (χ2v) is 6.49. The maximum Gasteiger partial charge on any atom is 0.410 e. The fraction of sp³-hybridized carbons (Fsp3) is 0.611. The molecule has 0 bridgehead atoms. The quantitative estimate of drug-likeness (QED) is 0.811. The third-order valence-corrected chi connectivity index (χ3v) is 4.76. The van der Waals surface area contributed by atoms with Crippen LogP contribution >= 0.6 is 0 Å². The van der Waals surface area contributed by atoms with Gasteiger partial charge in [0.1, 0.15) is 6.61 Å². The first-order valence-corrected chi connectivity index (χ1v) is 8.27. The van der Waals surface area contributed by atoms with Crippen molar-refractivity contribution in [2.24, 2.45) is 11.8 Å². The molecule has 1 aromatic carbocycles. The Balaban J connectivity index is 1.36. The number of carbonyl (C=O) groups excluding carboxylic acids is 1. The number of hydrogen-bond acceptors (Lipinski definition) is 2. The molecule has 0 atom stereocenters. The number of carbonyl (C=O) groups is 1. The molecule has 0 unspecified atom stereocenters. The molecule has 21 heavy (non-hydrogen) atoms. The molecule has 2 fully saturated rings. The zero-order valence-corrected chi connectivity index (χ0v) is 12.7. The number of amides is 1. The van der Waals surface area contributed by atoms with Crippen molar-refractivity contribution in [1.82, 2.24) is 4.90 Å². The van der Waals surface area contributed by atoms with Gasteiger partial charge >= 0.3 is 6.09 Å². The van der Waals surface area contributed by atoms with Crippen LogP contribution in [-0.2, 0) is 11.3 Å². The van der Waals surface area contributed by atoms with E-state index in [2.05, 4.69) is 0 Å². The first kappa shape index (κ1) is 14.4. The SMILES string of the molecule is O=C(OCc1ccccc1)N1CCC(CCC2CC2)CC1. The van der Waals surface area contributed by atoms with Crippen molar-refractivity contribution < 1.29 is 9.53 Å². The topological polar surface area (TPSA) is 29.5 Å². The third kappa shape index (κ3) is 4.48. The highest BCUT2D eigenvalue weighted by Gasteiger charge is 2.26. The summed E-state index contributed by atoms with van der Waals surface area (Å²) >= 11 is 0. The van der Waals surface area contributed by atoms with E-state index >= 15 is 0 Å². The monoisotopic (exact) mass is 287 g/mol. The summed E-state index contributed by atoms with van der Waals surface area (Å²) in [4.78, 5) is 13.9. The minimum absolute atomic E-state index is 0.153. The Kier molecular flexibility index (Phi) is 4.79. The number of hydrogen-bond donors (Lipinski definition) is 0. The summed E-state index contributed by atoms with van der Waals surface area (Å²) in [7, 11) is 0. The molecule has 1 aliphatic heterocycles. The first-order valence-electron chi connectivity index (χ1n) is 8.27. The van der Waals surface area contributed by atoms with Gasteiger partial charge in [0.25, 0.3) is 0 Å². The van der Waals surface area contributed by atoms with Crippen molar-refractivity contribution in [1.29, 1.82) is 0 Å². The van der Waals surface area contributed by atoms with Gasteiger partial charge in [-0.2, -0.15) is 0 Å². The molecule has 114 valence electrons. The van der Waals surface area contributed by atoms with Crippen LogP contribution in [0.1, 0.15) is 44.1 Å². The van der Waals surface area contributed by atoms with Crippen molar-refractivity contribution >= 4 is 6.09 Å². The summed E-state index contributed by atoms with van der Waals surface area (Å²) in [6.07, 6.45) is 7.80. The zero-order valence-electron chi connectivity index (χ0n) is 12.7. The maximum absolute atomic E-state index is 12.1. The molecule has 0 N–H and O–H groups in total. The van der Waals surface area contributed by atoms with E-state index < -0.39 is 0 Å². The fourth-order valence-electron chi connectivity index (χ4n) is 3.09. The molecule has 1 heterocycles. The molecule has 0 spiro atoms. The van der Waals surface area contributed by atoms with E-state index in [1.165, 1.54) is 25.7 Å². The minimum atomic E-state index is -0.153. The lowest BCUT2D eigenvalue weighted by Crippen LogP contribution is -2.38. The van der Waals surface area contributed by atoms with Crippen LogP contribution in [0.25, 0.3) is 0 Å². The molecular formula is C18H25NO2. The summed E-state index contributed by atoms with van der Waals surface area (Å²) in [6.45, 7) is 2.10. The van der Waals surface area contributed by atoms with E-state index in [1.54, 1.807) is 0 Å². The van der Waals surface area contributed by atoms with Crippen molar-refractivity contribution in [3.05, 3.63) is 35.9 Å². The number of piperidine rings is 1. The van der Waals surface area contributed by atoms with Crippen LogP contribution in [0, 0.1) is 11.8 Å². The Morgan fingerprint density at radius 2 is 1.62 bits per heavy atom. The van der Waals surface area contributed by atoms with Gasteiger partial charge in [-0.05, 0) is 30.2 Å². The number of rotatable bonds is 5. The van der Waals surface area contributed by atoms with Crippen molar-refractivity contribution in [2.45, 2.75) is 45.1 Å². The van der Waals surface area contributed by atoms with Gasteiger partial charge in [0, 0.05) is 13.1 Å². The van der Waals surface area contributed by atoms with Crippen LogP contribution in [0.3, 0.4) is 0 Å². The summed E-state index contributed by atoms with van der Waals surface area (Å²) in [5.41, 5.74) is 1.05. The van der Waals surface area contributed by atoms with Gasteiger partial charge in [-0.15, -0.1) is 0 Å². The molecule has 3 nitrogen and oxygen atoms in total. The Bertz CT molecular complexity index is 448. The molecule has 1 amide bonds. The van der Waals surface area contributed by atoms with Gasteiger partial charge < -0.3 is 9.64 Å². The normalized spacial score (nSPS) is 19.5. The lowest BCUT2D eigenvalue weighted by Gasteiger charge is -2.31. The predicted octanol–water partition coefficient (Wildman–Crippen LogP) is 4.23. The van der Waals surface area contributed by atoms with E-state index in [0.717, 1.165) is 43.3 Å². The predicted molar refractivity (Wildman–Crippen MR) is 82.9 cm³/mol.